The highest BCUT2D eigenvalue weighted by Crippen LogP contribution is 2.21. The number of aromatic nitrogens is 3. The van der Waals surface area contributed by atoms with Gasteiger partial charge in [0.25, 0.3) is 5.91 Å². The lowest BCUT2D eigenvalue weighted by Gasteiger charge is -2.05. The van der Waals surface area contributed by atoms with Crippen molar-refractivity contribution in [3.8, 4) is 11.3 Å². The molecular formula is C19H14N4O. The molecular weight excluding hydrogens is 300 g/mol. The number of hydrogen-bond acceptors (Lipinski definition) is 3. The minimum atomic E-state index is -0.208. The quantitative estimate of drug-likeness (QED) is 0.628. The van der Waals surface area contributed by atoms with Crippen molar-refractivity contribution in [3.05, 3.63) is 84.8 Å². The lowest BCUT2D eigenvalue weighted by atomic mass is 10.2. The zero-order chi connectivity index (χ0) is 16.4. The van der Waals surface area contributed by atoms with Gasteiger partial charge in [-0.25, -0.2) is 9.97 Å². The number of anilines is 1. The van der Waals surface area contributed by atoms with Gasteiger partial charge in [-0.3, -0.25) is 4.79 Å². The summed E-state index contributed by atoms with van der Waals surface area (Å²) in [5, 5.41) is 2.83. The summed E-state index contributed by atoms with van der Waals surface area (Å²) in [5.41, 5.74) is 3.04. The van der Waals surface area contributed by atoms with Gasteiger partial charge in [-0.05, 0) is 12.1 Å². The maximum absolute atomic E-state index is 12.3. The Hall–Kier alpha value is -3.47. The van der Waals surface area contributed by atoms with E-state index in [1.165, 1.54) is 0 Å². The highest BCUT2D eigenvalue weighted by molar-refractivity contribution is 6.05. The molecule has 0 unspecified atom stereocenters. The van der Waals surface area contributed by atoms with E-state index in [9.17, 15) is 4.79 Å². The van der Waals surface area contributed by atoms with Crippen molar-refractivity contribution in [2.75, 3.05) is 5.32 Å². The van der Waals surface area contributed by atoms with E-state index in [1.807, 2.05) is 65.3 Å². The van der Waals surface area contributed by atoms with Gasteiger partial charge in [0, 0.05) is 29.7 Å². The van der Waals surface area contributed by atoms with E-state index in [2.05, 4.69) is 15.3 Å². The number of nitrogens with one attached hydrogen (secondary N) is 1. The number of benzene rings is 2. The number of carbonyl (C=O) groups excluding carboxylic acids is 1. The molecule has 0 aliphatic carbocycles. The first kappa shape index (κ1) is 14.1. The molecule has 5 heteroatoms. The summed E-state index contributed by atoms with van der Waals surface area (Å²) in [4.78, 5) is 21.2. The van der Waals surface area contributed by atoms with Gasteiger partial charge in [-0.2, -0.15) is 0 Å². The van der Waals surface area contributed by atoms with Crippen LogP contribution in [-0.2, 0) is 0 Å². The van der Waals surface area contributed by atoms with E-state index < -0.39 is 0 Å². The molecule has 24 heavy (non-hydrogen) atoms. The van der Waals surface area contributed by atoms with Crippen LogP contribution in [0.5, 0.6) is 0 Å². The van der Waals surface area contributed by atoms with Crippen LogP contribution < -0.4 is 5.32 Å². The van der Waals surface area contributed by atoms with Gasteiger partial charge in [-0.15, -0.1) is 0 Å². The first-order valence-corrected chi connectivity index (χ1v) is 7.57. The largest absolute Gasteiger partial charge is 0.303 e. The fourth-order valence-electron chi connectivity index (χ4n) is 2.53. The molecule has 1 N–H and O–H groups in total. The van der Waals surface area contributed by atoms with Crippen molar-refractivity contribution in [1.29, 1.82) is 0 Å². The van der Waals surface area contributed by atoms with Crippen LogP contribution in [0.1, 0.15) is 10.4 Å². The molecule has 2 aromatic carbocycles. The van der Waals surface area contributed by atoms with Crippen LogP contribution in [-0.4, -0.2) is 20.3 Å². The molecule has 116 valence electrons. The van der Waals surface area contributed by atoms with Crippen molar-refractivity contribution >= 4 is 17.4 Å². The normalized spacial score (nSPS) is 10.7. The van der Waals surface area contributed by atoms with Crippen LogP contribution in [0.4, 0.5) is 5.82 Å². The third kappa shape index (κ3) is 2.63. The number of carbonyl (C=O) groups is 1. The molecule has 0 aliphatic heterocycles. The average Bonchev–Trinajstić information content (AvgIpc) is 3.08. The lowest BCUT2D eigenvalue weighted by Crippen LogP contribution is -2.13. The fourth-order valence-corrected chi connectivity index (χ4v) is 2.53. The standard InChI is InChI=1S/C19H14N4O/c24-19(15-9-5-2-6-10-15)22-17-18-21-16(13-23(18)12-11-20-17)14-7-3-1-4-8-14/h1-13H,(H,20,22,24). The number of fused-ring (bicyclic) bond motifs is 1. The highest BCUT2D eigenvalue weighted by atomic mass is 16.1. The maximum atomic E-state index is 12.3. The van der Waals surface area contributed by atoms with Gasteiger partial charge in [0.2, 0.25) is 0 Å². The molecule has 4 rings (SSSR count). The number of rotatable bonds is 3. The fraction of sp³-hybridized carbons (Fsp3) is 0. The van der Waals surface area contributed by atoms with E-state index in [1.54, 1.807) is 18.3 Å². The molecule has 0 saturated carbocycles. The summed E-state index contributed by atoms with van der Waals surface area (Å²) in [6.07, 6.45) is 5.38. The predicted molar refractivity (Wildman–Crippen MR) is 92.8 cm³/mol. The van der Waals surface area contributed by atoms with E-state index in [0.29, 0.717) is 17.0 Å². The minimum absolute atomic E-state index is 0.208. The van der Waals surface area contributed by atoms with Crippen LogP contribution in [0.2, 0.25) is 0 Å². The smallest absolute Gasteiger partial charge is 0.256 e. The number of hydrogen-bond donors (Lipinski definition) is 1. The Labute approximate surface area is 138 Å². The maximum Gasteiger partial charge on any atom is 0.256 e. The average molecular weight is 314 g/mol. The van der Waals surface area contributed by atoms with Crippen molar-refractivity contribution in [3.63, 3.8) is 0 Å². The monoisotopic (exact) mass is 314 g/mol. The second-order valence-corrected chi connectivity index (χ2v) is 5.32. The minimum Gasteiger partial charge on any atom is -0.303 e. The second kappa shape index (κ2) is 5.96. The SMILES string of the molecule is O=C(Nc1nccn2cc(-c3ccccc3)nc12)c1ccccc1. The van der Waals surface area contributed by atoms with Crippen LogP contribution in [0.15, 0.2) is 79.3 Å². The summed E-state index contributed by atoms with van der Waals surface area (Å²) < 4.78 is 1.86. The molecule has 2 heterocycles. The van der Waals surface area contributed by atoms with Crippen molar-refractivity contribution in [1.82, 2.24) is 14.4 Å². The molecule has 0 spiro atoms. The van der Waals surface area contributed by atoms with E-state index in [4.69, 9.17) is 0 Å². The van der Waals surface area contributed by atoms with E-state index in [0.717, 1.165) is 11.3 Å². The summed E-state index contributed by atoms with van der Waals surface area (Å²) in [7, 11) is 0. The van der Waals surface area contributed by atoms with Crippen LogP contribution >= 0.6 is 0 Å². The topological polar surface area (TPSA) is 59.3 Å². The Bertz CT molecular complexity index is 994. The number of amides is 1. The van der Waals surface area contributed by atoms with E-state index >= 15 is 0 Å². The summed E-state index contributed by atoms with van der Waals surface area (Å²) >= 11 is 0. The van der Waals surface area contributed by atoms with Gasteiger partial charge < -0.3 is 9.72 Å². The Balaban J connectivity index is 1.71. The molecule has 2 aromatic heterocycles. The van der Waals surface area contributed by atoms with Crippen molar-refractivity contribution in [2.24, 2.45) is 0 Å². The first-order chi connectivity index (χ1) is 11.8. The van der Waals surface area contributed by atoms with Crippen molar-refractivity contribution < 1.29 is 4.79 Å². The third-order valence-corrected chi connectivity index (χ3v) is 3.71. The predicted octanol–water partition coefficient (Wildman–Crippen LogP) is 3.65. The Morgan fingerprint density at radius 1 is 0.958 bits per heavy atom. The Kier molecular flexibility index (Phi) is 3.51. The zero-order valence-electron chi connectivity index (χ0n) is 12.8. The van der Waals surface area contributed by atoms with Gasteiger partial charge in [0.1, 0.15) is 0 Å². The Morgan fingerprint density at radius 2 is 1.67 bits per heavy atom. The van der Waals surface area contributed by atoms with Crippen LogP contribution in [0.3, 0.4) is 0 Å². The number of imidazole rings is 1. The van der Waals surface area contributed by atoms with Gasteiger partial charge in [0.05, 0.1) is 5.69 Å². The van der Waals surface area contributed by atoms with Gasteiger partial charge >= 0.3 is 0 Å². The lowest BCUT2D eigenvalue weighted by molar-refractivity contribution is 0.102. The molecule has 4 aromatic rings. The molecule has 0 atom stereocenters. The first-order valence-electron chi connectivity index (χ1n) is 7.57. The molecule has 1 amide bonds. The zero-order valence-corrected chi connectivity index (χ0v) is 12.8. The van der Waals surface area contributed by atoms with Crippen molar-refractivity contribution in [2.45, 2.75) is 0 Å². The molecule has 0 radical (unpaired) electrons. The second-order valence-electron chi connectivity index (χ2n) is 5.32. The Morgan fingerprint density at radius 3 is 2.42 bits per heavy atom. The molecule has 0 bridgehead atoms. The third-order valence-electron chi connectivity index (χ3n) is 3.71. The highest BCUT2D eigenvalue weighted by Gasteiger charge is 2.12. The van der Waals surface area contributed by atoms with Crippen LogP contribution in [0.25, 0.3) is 16.9 Å². The number of nitrogens with zero attached hydrogens (tertiary/aromatic N) is 3. The van der Waals surface area contributed by atoms with Crippen LogP contribution in [0, 0.1) is 0 Å². The molecule has 5 nitrogen and oxygen atoms in total. The molecule has 0 saturated heterocycles. The summed E-state index contributed by atoms with van der Waals surface area (Å²) in [6.45, 7) is 0. The van der Waals surface area contributed by atoms with Gasteiger partial charge in [-0.1, -0.05) is 48.5 Å². The molecule has 0 aliphatic rings. The van der Waals surface area contributed by atoms with Gasteiger partial charge in [0.15, 0.2) is 11.5 Å². The van der Waals surface area contributed by atoms with E-state index in [-0.39, 0.29) is 5.91 Å². The summed E-state index contributed by atoms with van der Waals surface area (Å²) in [6, 6.07) is 18.9. The molecule has 0 fully saturated rings. The summed E-state index contributed by atoms with van der Waals surface area (Å²) in [5.74, 6) is 0.231.